The third-order valence-corrected chi connectivity index (χ3v) is 3.15. The van der Waals surface area contributed by atoms with E-state index >= 15 is 0 Å². The Morgan fingerprint density at radius 3 is 2.10 bits per heavy atom. The summed E-state index contributed by atoms with van der Waals surface area (Å²) in [4.78, 5) is 0. The van der Waals surface area contributed by atoms with Gasteiger partial charge < -0.3 is 0 Å². The average molecular weight is 342 g/mol. The van der Waals surface area contributed by atoms with Gasteiger partial charge in [-0.1, -0.05) is 25.5 Å². The normalized spacial score (nSPS) is 11.4. The Balaban J connectivity index is 0.00000200. The van der Waals surface area contributed by atoms with Crippen LogP contribution in [0.25, 0.3) is 10.8 Å². The molecule has 2 aromatic rings. The van der Waals surface area contributed by atoms with Gasteiger partial charge in [0.1, 0.15) is 0 Å². The first kappa shape index (κ1) is 17.1. The standard InChI is InChI=1S/C15H17N4.Y/c1-9-6-12-7-10(2)15(19-17-5)11(3)13(12)8-14(9)18-16-4;/h6-7H,1-5H3;/q-1;+3. The van der Waals surface area contributed by atoms with Crippen molar-refractivity contribution in [3.05, 3.63) is 34.9 Å². The van der Waals surface area contributed by atoms with E-state index in [-0.39, 0.29) is 32.7 Å². The zero-order chi connectivity index (χ0) is 14.0. The quantitative estimate of drug-likeness (QED) is 0.545. The van der Waals surface area contributed by atoms with Crippen LogP contribution in [0, 0.1) is 26.8 Å². The number of aryl methyl sites for hydroxylation is 3. The minimum atomic E-state index is 0. The SMILES string of the molecule is CN=Nc1[c-]c2c(C)c(N=NC)c(C)cc2cc1C.[Y+3]. The van der Waals surface area contributed by atoms with E-state index in [2.05, 4.69) is 38.7 Å². The third kappa shape index (κ3) is 3.18. The number of azo groups is 2. The van der Waals surface area contributed by atoms with Gasteiger partial charge >= 0.3 is 32.7 Å². The second-order valence-corrected chi connectivity index (χ2v) is 4.53. The summed E-state index contributed by atoms with van der Waals surface area (Å²) >= 11 is 0. The van der Waals surface area contributed by atoms with Crippen LogP contribution in [0.5, 0.6) is 0 Å². The second kappa shape index (κ2) is 7.14. The van der Waals surface area contributed by atoms with Gasteiger partial charge in [-0.05, 0) is 12.5 Å². The maximum Gasteiger partial charge on any atom is 3.00 e. The number of nitrogens with zero attached hydrogens (tertiary/aromatic N) is 4. The van der Waals surface area contributed by atoms with Crippen LogP contribution >= 0.6 is 0 Å². The fraction of sp³-hybridized carbons (Fsp3) is 0.333. The summed E-state index contributed by atoms with van der Waals surface area (Å²) in [6.07, 6.45) is 0. The summed E-state index contributed by atoms with van der Waals surface area (Å²) in [5, 5.41) is 18.2. The number of rotatable bonds is 2. The van der Waals surface area contributed by atoms with E-state index in [0.717, 1.165) is 38.8 Å². The smallest absolute Gasteiger partial charge is 0.194 e. The minimum Gasteiger partial charge on any atom is -0.194 e. The molecule has 0 atom stereocenters. The molecule has 0 radical (unpaired) electrons. The number of fused-ring (bicyclic) bond motifs is 1. The molecule has 0 fully saturated rings. The van der Waals surface area contributed by atoms with Gasteiger partial charge in [-0.3, -0.25) is 0 Å². The molecule has 0 aromatic heterocycles. The molecule has 98 valence electrons. The first-order valence-electron chi connectivity index (χ1n) is 6.15. The molecule has 0 aliphatic rings. The van der Waals surface area contributed by atoms with Crippen molar-refractivity contribution < 1.29 is 32.7 Å². The summed E-state index contributed by atoms with van der Waals surface area (Å²) in [6.45, 7) is 6.10. The summed E-state index contributed by atoms with van der Waals surface area (Å²) in [6, 6.07) is 7.56. The molecule has 0 aliphatic carbocycles. The van der Waals surface area contributed by atoms with E-state index in [1.54, 1.807) is 14.1 Å². The molecule has 5 heteroatoms. The molecule has 0 spiro atoms. The van der Waals surface area contributed by atoms with Gasteiger partial charge in [0, 0.05) is 25.5 Å². The van der Waals surface area contributed by atoms with Crippen molar-refractivity contribution in [1.29, 1.82) is 0 Å². The molecule has 2 rings (SSSR count). The average Bonchev–Trinajstić information content (AvgIpc) is 2.37. The van der Waals surface area contributed by atoms with Crippen molar-refractivity contribution in [2.24, 2.45) is 20.5 Å². The number of hydrogen-bond donors (Lipinski definition) is 0. The summed E-state index contributed by atoms with van der Waals surface area (Å²) in [7, 11) is 3.34. The molecule has 0 aliphatic heterocycles. The van der Waals surface area contributed by atoms with E-state index in [0.29, 0.717) is 0 Å². The molecular weight excluding hydrogens is 325 g/mol. The Hall–Kier alpha value is -0.996. The van der Waals surface area contributed by atoms with Gasteiger partial charge in [-0.25, -0.2) is 0 Å². The van der Waals surface area contributed by atoms with Crippen molar-refractivity contribution in [3.63, 3.8) is 0 Å². The van der Waals surface area contributed by atoms with Crippen LogP contribution in [-0.4, -0.2) is 14.1 Å². The van der Waals surface area contributed by atoms with Crippen molar-refractivity contribution in [3.8, 4) is 0 Å². The van der Waals surface area contributed by atoms with Gasteiger partial charge in [0.2, 0.25) is 0 Å². The monoisotopic (exact) mass is 342 g/mol. The van der Waals surface area contributed by atoms with Crippen LogP contribution in [-0.2, 0) is 32.7 Å². The zero-order valence-corrected chi connectivity index (χ0v) is 15.4. The van der Waals surface area contributed by atoms with Gasteiger partial charge in [-0.2, -0.15) is 20.5 Å². The first-order valence-corrected chi connectivity index (χ1v) is 6.15. The van der Waals surface area contributed by atoms with Crippen LogP contribution in [0.3, 0.4) is 0 Å². The fourth-order valence-electron chi connectivity index (χ4n) is 2.26. The van der Waals surface area contributed by atoms with Crippen LogP contribution in [0.4, 0.5) is 11.4 Å². The number of hydrogen-bond acceptors (Lipinski definition) is 4. The maximum absolute atomic E-state index is 4.20. The van der Waals surface area contributed by atoms with Crippen LogP contribution in [0.2, 0.25) is 0 Å². The van der Waals surface area contributed by atoms with Gasteiger partial charge in [0.15, 0.2) is 0 Å². The molecule has 0 unspecified atom stereocenters. The molecule has 0 heterocycles. The van der Waals surface area contributed by atoms with E-state index in [9.17, 15) is 0 Å². The zero-order valence-electron chi connectivity index (χ0n) is 12.5. The largest absolute Gasteiger partial charge is 3.00 e. The predicted octanol–water partition coefficient (Wildman–Crippen LogP) is 4.99. The van der Waals surface area contributed by atoms with Crippen LogP contribution in [0.1, 0.15) is 16.7 Å². The molecule has 0 saturated carbocycles. The van der Waals surface area contributed by atoms with Crippen molar-refractivity contribution in [2.45, 2.75) is 20.8 Å². The third-order valence-electron chi connectivity index (χ3n) is 3.15. The van der Waals surface area contributed by atoms with E-state index < -0.39 is 0 Å². The van der Waals surface area contributed by atoms with Crippen molar-refractivity contribution >= 4 is 22.1 Å². The van der Waals surface area contributed by atoms with Gasteiger partial charge in [0.25, 0.3) is 0 Å². The molecular formula is C15H17N4Y+2. The van der Waals surface area contributed by atoms with Gasteiger partial charge in [-0.15, -0.1) is 28.5 Å². The van der Waals surface area contributed by atoms with Crippen molar-refractivity contribution in [1.82, 2.24) is 0 Å². The number of benzene rings is 2. The summed E-state index contributed by atoms with van der Waals surface area (Å²) in [5.41, 5.74) is 4.96. The second-order valence-electron chi connectivity index (χ2n) is 4.53. The predicted molar refractivity (Wildman–Crippen MR) is 77.9 cm³/mol. The Bertz CT molecular complexity index is 685. The Morgan fingerprint density at radius 1 is 0.900 bits per heavy atom. The molecule has 0 amide bonds. The molecule has 0 N–H and O–H groups in total. The Morgan fingerprint density at radius 2 is 1.50 bits per heavy atom. The maximum atomic E-state index is 4.20. The van der Waals surface area contributed by atoms with E-state index in [1.165, 1.54) is 0 Å². The summed E-state index contributed by atoms with van der Waals surface area (Å²) in [5.74, 6) is 0. The molecule has 20 heavy (non-hydrogen) atoms. The first-order chi connectivity index (χ1) is 9.08. The van der Waals surface area contributed by atoms with E-state index in [4.69, 9.17) is 0 Å². The van der Waals surface area contributed by atoms with E-state index in [1.807, 2.05) is 20.8 Å². The Kier molecular flexibility index (Phi) is 6.09. The topological polar surface area (TPSA) is 49.4 Å². The molecule has 0 bridgehead atoms. The minimum absolute atomic E-state index is 0. The fourth-order valence-corrected chi connectivity index (χ4v) is 2.26. The molecule has 4 nitrogen and oxygen atoms in total. The van der Waals surface area contributed by atoms with Gasteiger partial charge in [0.05, 0.1) is 0 Å². The Labute approximate surface area is 144 Å². The van der Waals surface area contributed by atoms with Crippen LogP contribution in [0.15, 0.2) is 32.6 Å². The molecule has 0 saturated heterocycles. The van der Waals surface area contributed by atoms with Crippen molar-refractivity contribution in [2.75, 3.05) is 14.1 Å². The van der Waals surface area contributed by atoms with Crippen LogP contribution < -0.4 is 0 Å². The summed E-state index contributed by atoms with van der Waals surface area (Å²) < 4.78 is 0. The molecule has 2 aromatic carbocycles.